The third-order valence-corrected chi connectivity index (χ3v) is 2.96. The van der Waals surface area contributed by atoms with E-state index in [0.29, 0.717) is 5.56 Å². The molecule has 0 saturated heterocycles. The predicted molar refractivity (Wildman–Crippen MR) is 72.5 cm³/mol. The Hall–Kier alpha value is -2.70. The summed E-state index contributed by atoms with van der Waals surface area (Å²) < 4.78 is 18.5. The summed E-state index contributed by atoms with van der Waals surface area (Å²) in [5.41, 5.74) is -0.273. The van der Waals surface area contributed by atoms with Crippen molar-refractivity contribution in [2.45, 2.75) is 13.0 Å². The minimum atomic E-state index is -1.02. The summed E-state index contributed by atoms with van der Waals surface area (Å²) in [6, 6.07) is 6.69. The van der Waals surface area contributed by atoms with Gasteiger partial charge in [-0.25, -0.2) is 4.79 Å². The number of methoxy groups -OCH3 is 1. The van der Waals surface area contributed by atoms with Gasteiger partial charge < -0.3 is 9.72 Å². The van der Waals surface area contributed by atoms with Crippen molar-refractivity contribution in [3.8, 4) is 0 Å². The monoisotopic (exact) mass is 292 g/mol. The van der Waals surface area contributed by atoms with E-state index in [1.54, 1.807) is 24.3 Å². The second-order valence-electron chi connectivity index (χ2n) is 4.40. The molecule has 0 spiro atoms. The van der Waals surface area contributed by atoms with Gasteiger partial charge in [-0.2, -0.15) is 4.39 Å². The first-order valence-electron chi connectivity index (χ1n) is 6.14. The Balaban J connectivity index is 2.22. The molecule has 7 heteroatoms. The Labute approximate surface area is 118 Å². The number of aromatic nitrogens is 2. The molecule has 110 valence electrons. The summed E-state index contributed by atoms with van der Waals surface area (Å²) in [4.78, 5) is 36.4. The SMILES string of the molecule is COC(=O)Cc1ccc(Cn2c(=O)[nH]cc(F)c2=O)cc1. The van der Waals surface area contributed by atoms with Crippen LogP contribution in [0.4, 0.5) is 4.39 Å². The normalized spacial score (nSPS) is 10.4. The molecule has 0 fully saturated rings. The van der Waals surface area contributed by atoms with E-state index in [1.807, 2.05) is 0 Å². The zero-order valence-electron chi connectivity index (χ0n) is 11.3. The van der Waals surface area contributed by atoms with Gasteiger partial charge in [0.2, 0.25) is 5.82 Å². The highest BCUT2D eigenvalue weighted by Crippen LogP contribution is 2.06. The molecule has 0 aliphatic rings. The third kappa shape index (κ3) is 3.44. The minimum Gasteiger partial charge on any atom is -0.469 e. The number of hydrogen-bond acceptors (Lipinski definition) is 4. The van der Waals surface area contributed by atoms with Crippen LogP contribution in [0.15, 0.2) is 40.1 Å². The van der Waals surface area contributed by atoms with Crippen molar-refractivity contribution >= 4 is 5.97 Å². The van der Waals surface area contributed by atoms with E-state index in [9.17, 15) is 18.8 Å². The molecule has 6 nitrogen and oxygen atoms in total. The van der Waals surface area contributed by atoms with Crippen LogP contribution in [0.3, 0.4) is 0 Å². The van der Waals surface area contributed by atoms with E-state index in [4.69, 9.17) is 0 Å². The van der Waals surface area contributed by atoms with Crippen LogP contribution in [0.5, 0.6) is 0 Å². The quantitative estimate of drug-likeness (QED) is 0.829. The number of H-pyrrole nitrogens is 1. The molecule has 0 amide bonds. The largest absolute Gasteiger partial charge is 0.469 e. The zero-order valence-corrected chi connectivity index (χ0v) is 11.3. The molecule has 0 aliphatic heterocycles. The standard InChI is InChI=1S/C14H13FN2O4/c1-21-12(18)6-9-2-4-10(5-3-9)8-17-13(19)11(15)7-16-14(17)20/h2-5,7H,6,8H2,1H3,(H,16,20). The fourth-order valence-electron chi connectivity index (χ4n) is 1.81. The topological polar surface area (TPSA) is 81.2 Å². The van der Waals surface area contributed by atoms with E-state index in [0.717, 1.165) is 16.3 Å². The van der Waals surface area contributed by atoms with Crippen LogP contribution in [-0.4, -0.2) is 22.6 Å². The summed E-state index contributed by atoms with van der Waals surface area (Å²) in [5.74, 6) is -1.38. The van der Waals surface area contributed by atoms with E-state index in [-0.39, 0.29) is 18.9 Å². The Morgan fingerprint density at radius 3 is 2.48 bits per heavy atom. The number of aromatic amines is 1. The number of benzene rings is 1. The van der Waals surface area contributed by atoms with Crippen LogP contribution in [0, 0.1) is 5.82 Å². The molecule has 21 heavy (non-hydrogen) atoms. The number of nitrogens with one attached hydrogen (secondary N) is 1. The van der Waals surface area contributed by atoms with Gasteiger partial charge in [0, 0.05) is 6.20 Å². The van der Waals surface area contributed by atoms with Gasteiger partial charge in [-0.1, -0.05) is 24.3 Å². The van der Waals surface area contributed by atoms with Crippen LogP contribution < -0.4 is 11.2 Å². The van der Waals surface area contributed by atoms with E-state index in [2.05, 4.69) is 9.72 Å². The number of rotatable bonds is 4. The number of halogens is 1. The molecule has 0 aliphatic carbocycles. The highest BCUT2D eigenvalue weighted by molar-refractivity contribution is 5.72. The molecule has 2 aromatic rings. The van der Waals surface area contributed by atoms with Crippen molar-refractivity contribution in [3.05, 3.63) is 68.2 Å². The van der Waals surface area contributed by atoms with Crippen molar-refractivity contribution < 1.29 is 13.9 Å². The molecular weight excluding hydrogens is 279 g/mol. The van der Waals surface area contributed by atoms with Crippen molar-refractivity contribution in [1.29, 1.82) is 0 Å². The van der Waals surface area contributed by atoms with Gasteiger partial charge in [0.05, 0.1) is 20.1 Å². The first kappa shape index (κ1) is 14.7. The van der Waals surface area contributed by atoms with Gasteiger partial charge in [0.1, 0.15) is 0 Å². The lowest BCUT2D eigenvalue weighted by atomic mass is 10.1. The molecule has 1 aromatic heterocycles. The molecule has 0 atom stereocenters. The second kappa shape index (κ2) is 6.17. The van der Waals surface area contributed by atoms with Gasteiger partial charge >= 0.3 is 11.7 Å². The highest BCUT2D eigenvalue weighted by atomic mass is 19.1. The number of hydrogen-bond donors (Lipinski definition) is 1. The fourth-order valence-corrected chi connectivity index (χ4v) is 1.81. The smallest absolute Gasteiger partial charge is 0.328 e. The summed E-state index contributed by atoms with van der Waals surface area (Å²) in [6.07, 6.45) is 0.873. The lowest BCUT2D eigenvalue weighted by Crippen LogP contribution is -2.36. The molecule has 2 rings (SSSR count). The Morgan fingerprint density at radius 2 is 1.86 bits per heavy atom. The molecule has 0 radical (unpaired) electrons. The highest BCUT2D eigenvalue weighted by Gasteiger charge is 2.08. The van der Waals surface area contributed by atoms with Gasteiger partial charge in [-0.15, -0.1) is 0 Å². The molecular formula is C14H13FN2O4. The van der Waals surface area contributed by atoms with Gasteiger partial charge in [-0.05, 0) is 11.1 Å². The van der Waals surface area contributed by atoms with Crippen molar-refractivity contribution in [3.63, 3.8) is 0 Å². The van der Waals surface area contributed by atoms with E-state index < -0.39 is 17.1 Å². The maximum absolute atomic E-state index is 13.2. The number of carbonyl (C=O) groups is 1. The Kier molecular flexibility index (Phi) is 4.32. The summed E-state index contributed by atoms with van der Waals surface area (Å²) >= 11 is 0. The number of ether oxygens (including phenoxy) is 1. The summed E-state index contributed by atoms with van der Waals surface area (Å²) in [7, 11) is 1.30. The van der Waals surface area contributed by atoms with Gasteiger partial charge in [-0.3, -0.25) is 14.2 Å². The number of carbonyl (C=O) groups excluding carboxylic acids is 1. The lowest BCUT2D eigenvalue weighted by molar-refractivity contribution is -0.139. The van der Waals surface area contributed by atoms with Crippen LogP contribution >= 0.6 is 0 Å². The fraction of sp³-hybridized carbons (Fsp3) is 0.214. The van der Waals surface area contributed by atoms with E-state index in [1.165, 1.54) is 7.11 Å². The van der Waals surface area contributed by atoms with Gasteiger partial charge in [0.15, 0.2) is 0 Å². The van der Waals surface area contributed by atoms with Crippen LogP contribution in [0.2, 0.25) is 0 Å². The molecule has 1 aromatic carbocycles. The van der Waals surface area contributed by atoms with Crippen LogP contribution in [-0.2, 0) is 22.5 Å². The number of nitrogens with zero attached hydrogens (tertiary/aromatic N) is 1. The van der Waals surface area contributed by atoms with Crippen molar-refractivity contribution in [1.82, 2.24) is 9.55 Å². The maximum atomic E-state index is 13.2. The summed E-state index contributed by atoms with van der Waals surface area (Å²) in [5, 5.41) is 0. The lowest BCUT2D eigenvalue weighted by Gasteiger charge is -2.06. The van der Waals surface area contributed by atoms with E-state index >= 15 is 0 Å². The van der Waals surface area contributed by atoms with Crippen LogP contribution in [0.1, 0.15) is 11.1 Å². The minimum absolute atomic E-state index is 0.0512. The van der Waals surface area contributed by atoms with Crippen molar-refractivity contribution in [2.24, 2.45) is 0 Å². The molecule has 1 heterocycles. The van der Waals surface area contributed by atoms with Crippen LogP contribution in [0.25, 0.3) is 0 Å². The first-order chi connectivity index (χ1) is 10.0. The number of esters is 1. The average Bonchev–Trinajstić information content (AvgIpc) is 2.49. The average molecular weight is 292 g/mol. The third-order valence-electron chi connectivity index (χ3n) is 2.96. The molecule has 0 unspecified atom stereocenters. The molecule has 0 bridgehead atoms. The first-order valence-corrected chi connectivity index (χ1v) is 6.14. The van der Waals surface area contributed by atoms with Crippen molar-refractivity contribution in [2.75, 3.05) is 7.11 Å². The Morgan fingerprint density at radius 1 is 1.24 bits per heavy atom. The second-order valence-corrected chi connectivity index (χ2v) is 4.40. The predicted octanol–water partition coefficient (Wildman–Crippen LogP) is 0.439. The Bertz CT molecular complexity index is 762. The zero-order chi connectivity index (χ0) is 15.4. The molecule has 1 N–H and O–H groups in total. The summed E-state index contributed by atoms with van der Waals surface area (Å²) in [6.45, 7) is -0.0512. The van der Waals surface area contributed by atoms with Gasteiger partial charge in [0.25, 0.3) is 5.56 Å². The maximum Gasteiger partial charge on any atom is 0.328 e. The molecule has 0 saturated carbocycles.